The summed E-state index contributed by atoms with van der Waals surface area (Å²) in [6.45, 7) is 0.337. The topological polar surface area (TPSA) is 120 Å². The number of hydrazine groups is 1. The fraction of sp³-hybridized carbons (Fsp3) is 0.100. The minimum Gasteiger partial charge on any atom is -0.320 e. The third-order valence-electron chi connectivity index (χ3n) is 2.60. The van der Waals surface area contributed by atoms with Crippen molar-refractivity contribution in [3.05, 3.63) is 23.2 Å². The molecule has 2 aromatic rings. The van der Waals surface area contributed by atoms with Gasteiger partial charge in [0.25, 0.3) is 5.91 Å². The van der Waals surface area contributed by atoms with Crippen molar-refractivity contribution in [2.75, 3.05) is 11.9 Å². The second-order valence-corrected chi connectivity index (χ2v) is 4.34. The molecule has 1 aromatic heterocycles. The molecule has 0 bridgehead atoms. The lowest BCUT2D eigenvalue weighted by atomic mass is 10.1. The second kappa shape index (κ2) is 5.23. The molecule has 10 heteroatoms. The quantitative estimate of drug-likeness (QED) is 0.628. The Balaban J connectivity index is 1.92. The number of amides is 1. The number of aromatic nitrogens is 4. The van der Waals surface area contributed by atoms with Gasteiger partial charge < -0.3 is 5.32 Å². The molecule has 0 radical (unpaired) electrons. The Morgan fingerprint density at radius 1 is 1.40 bits per heavy atom. The number of nitrogens with one attached hydrogen (secondary N) is 4. The van der Waals surface area contributed by atoms with E-state index < -0.39 is 0 Å². The van der Waals surface area contributed by atoms with Gasteiger partial charge in [0.05, 0.1) is 12.2 Å². The number of halogens is 1. The molecule has 0 aliphatic carbocycles. The normalized spacial score (nSPS) is 13.8. The van der Waals surface area contributed by atoms with E-state index in [2.05, 4.69) is 42.0 Å². The zero-order valence-electron chi connectivity index (χ0n) is 10.0. The Kier molecular flexibility index (Phi) is 3.27. The average Bonchev–Trinajstić information content (AvgIpc) is 3.12. The largest absolute Gasteiger partial charge is 0.320 e. The van der Waals surface area contributed by atoms with Gasteiger partial charge in [-0.2, -0.15) is 10.3 Å². The van der Waals surface area contributed by atoms with Gasteiger partial charge in [0.2, 0.25) is 5.82 Å². The second-order valence-electron chi connectivity index (χ2n) is 3.90. The summed E-state index contributed by atoms with van der Waals surface area (Å²) < 4.78 is 0. The Morgan fingerprint density at radius 3 is 3.00 bits per heavy atom. The van der Waals surface area contributed by atoms with Crippen molar-refractivity contribution in [1.29, 1.82) is 0 Å². The summed E-state index contributed by atoms with van der Waals surface area (Å²) in [4.78, 5) is 12.0. The smallest absolute Gasteiger partial charge is 0.273 e. The number of hydrogen-bond donors (Lipinski definition) is 4. The van der Waals surface area contributed by atoms with Crippen molar-refractivity contribution >= 4 is 28.9 Å². The monoisotopic (exact) mass is 292 g/mol. The van der Waals surface area contributed by atoms with Gasteiger partial charge in [-0.1, -0.05) is 11.6 Å². The van der Waals surface area contributed by atoms with E-state index in [4.69, 9.17) is 11.6 Å². The Hall–Kier alpha value is -2.52. The molecule has 4 N–H and O–H groups in total. The van der Waals surface area contributed by atoms with Crippen LogP contribution in [0.2, 0.25) is 5.02 Å². The van der Waals surface area contributed by atoms with E-state index in [1.54, 1.807) is 18.2 Å². The molecule has 1 aromatic carbocycles. The summed E-state index contributed by atoms with van der Waals surface area (Å²) in [5.41, 5.74) is 6.65. The number of benzene rings is 1. The van der Waals surface area contributed by atoms with Gasteiger partial charge >= 0.3 is 0 Å². The molecule has 9 nitrogen and oxygen atoms in total. The zero-order valence-corrected chi connectivity index (χ0v) is 10.8. The first kappa shape index (κ1) is 12.5. The van der Waals surface area contributed by atoms with E-state index in [-0.39, 0.29) is 5.91 Å². The van der Waals surface area contributed by atoms with Crippen molar-refractivity contribution in [3.63, 3.8) is 0 Å². The minimum absolute atomic E-state index is 0.337. The first-order valence-electron chi connectivity index (χ1n) is 5.63. The highest BCUT2D eigenvalue weighted by Crippen LogP contribution is 2.27. The predicted molar refractivity (Wildman–Crippen MR) is 71.8 cm³/mol. The number of H-pyrrole nitrogens is 1. The number of aromatic amines is 1. The summed E-state index contributed by atoms with van der Waals surface area (Å²) in [5, 5.41) is 20.6. The summed E-state index contributed by atoms with van der Waals surface area (Å²) in [5.74, 6) is 0.0242. The first-order valence-corrected chi connectivity index (χ1v) is 6.01. The van der Waals surface area contributed by atoms with E-state index in [9.17, 15) is 4.79 Å². The molecule has 102 valence electrons. The molecular formula is C10H9ClN8O. The van der Waals surface area contributed by atoms with Crippen LogP contribution < -0.4 is 16.3 Å². The van der Waals surface area contributed by atoms with Crippen LogP contribution in [0, 0.1) is 0 Å². The molecule has 0 unspecified atom stereocenters. The fourth-order valence-corrected chi connectivity index (χ4v) is 1.86. The van der Waals surface area contributed by atoms with Crippen molar-refractivity contribution in [3.8, 4) is 11.4 Å². The molecule has 3 rings (SSSR count). The lowest BCUT2D eigenvalue weighted by Gasteiger charge is -2.08. The maximum Gasteiger partial charge on any atom is 0.273 e. The molecule has 0 spiro atoms. The van der Waals surface area contributed by atoms with Crippen molar-refractivity contribution in [2.45, 2.75) is 0 Å². The minimum atomic E-state index is -0.338. The van der Waals surface area contributed by atoms with E-state index in [1.807, 2.05) is 0 Å². The number of anilines is 1. The van der Waals surface area contributed by atoms with Crippen LogP contribution in [0.3, 0.4) is 0 Å². The Labute approximate surface area is 117 Å². The van der Waals surface area contributed by atoms with Crippen LogP contribution in [0.5, 0.6) is 0 Å². The molecular weight excluding hydrogens is 284 g/mol. The number of tetrazole rings is 1. The van der Waals surface area contributed by atoms with Gasteiger partial charge in [-0.3, -0.25) is 4.79 Å². The van der Waals surface area contributed by atoms with Crippen molar-refractivity contribution < 1.29 is 4.79 Å². The SMILES string of the molecule is O=C(Nc1cc(Cl)ccc1-c1nn[nH]n1)C1=NNNC1. The molecule has 1 aliphatic heterocycles. The van der Waals surface area contributed by atoms with Crippen LogP contribution >= 0.6 is 11.6 Å². The third kappa shape index (κ3) is 2.44. The number of hydrazone groups is 1. The Morgan fingerprint density at radius 2 is 2.30 bits per heavy atom. The van der Waals surface area contributed by atoms with Crippen LogP contribution in [0.15, 0.2) is 23.3 Å². The highest BCUT2D eigenvalue weighted by Gasteiger charge is 2.18. The molecule has 0 fully saturated rings. The number of carbonyl (C=O) groups excluding carboxylic acids is 1. The molecule has 20 heavy (non-hydrogen) atoms. The van der Waals surface area contributed by atoms with Gasteiger partial charge in [0.15, 0.2) is 0 Å². The van der Waals surface area contributed by atoms with Crippen LogP contribution in [-0.4, -0.2) is 38.8 Å². The summed E-state index contributed by atoms with van der Waals surface area (Å²) >= 11 is 5.95. The third-order valence-corrected chi connectivity index (χ3v) is 2.84. The Bertz CT molecular complexity index is 668. The zero-order chi connectivity index (χ0) is 13.9. The molecule has 1 aliphatic rings. The summed E-state index contributed by atoms with van der Waals surface area (Å²) in [6, 6.07) is 5.00. The van der Waals surface area contributed by atoms with Gasteiger partial charge in [0.1, 0.15) is 5.71 Å². The average molecular weight is 293 g/mol. The highest BCUT2D eigenvalue weighted by molar-refractivity contribution is 6.44. The lowest BCUT2D eigenvalue weighted by molar-refractivity contribution is -0.110. The fourth-order valence-electron chi connectivity index (χ4n) is 1.69. The number of carbonyl (C=O) groups is 1. The van der Waals surface area contributed by atoms with Crippen LogP contribution in [-0.2, 0) is 4.79 Å². The molecule has 2 heterocycles. The standard InChI is InChI=1S/C10H9ClN8O/c11-5-1-2-6(9-15-18-19-16-9)7(3-5)13-10(20)8-4-12-17-14-8/h1-3,12,17H,4H2,(H,13,20)(H,15,16,18,19). The van der Waals surface area contributed by atoms with Crippen LogP contribution in [0.4, 0.5) is 5.69 Å². The highest BCUT2D eigenvalue weighted by atomic mass is 35.5. The van der Waals surface area contributed by atoms with E-state index in [0.29, 0.717) is 34.4 Å². The number of hydrogen-bond acceptors (Lipinski definition) is 7. The van der Waals surface area contributed by atoms with E-state index in [1.165, 1.54) is 0 Å². The lowest BCUT2D eigenvalue weighted by Crippen LogP contribution is -2.28. The summed E-state index contributed by atoms with van der Waals surface area (Å²) in [6.07, 6.45) is 0. The molecule has 1 amide bonds. The van der Waals surface area contributed by atoms with Crippen molar-refractivity contribution in [1.82, 2.24) is 31.6 Å². The molecule has 0 atom stereocenters. The van der Waals surface area contributed by atoms with E-state index in [0.717, 1.165) is 0 Å². The number of rotatable bonds is 3. The van der Waals surface area contributed by atoms with E-state index >= 15 is 0 Å². The first-order chi connectivity index (χ1) is 9.74. The maximum atomic E-state index is 12.0. The van der Waals surface area contributed by atoms with Gasteiger partial charge in [-0.25, -0.2) is 11.0 Å². The maximum absolute atomic E-state index is 12.0. The molecule has 0 saturated heterocycles. The van der Waals surface area contributed by atoms with Gasteiger partial charge in [0, 0.05) is 10.6 Å². The summed E-state index contributed by atoms with van der Waals surface area (Å²) in [7, 11) is 0. The molecule has 0 saturated carbocycles. The predicted octanol–water partition coefficient (Wildman–Crippen LogP) is -0.0776. The van der Waals surface area contributed by atoms with Crippen molar-refractivity contribution in [2.24, 2.45) is 5.10 Å². The van der Waals surface area contributed by atoms with Gasteiger partial charge in [-0.15, -0.1) is 10.2 Å². The van der Waals surface area contributed by atoms with Crippen LogP contribution in [0.25, 0.3) is 11.4 Å². The van der Waals surface area contributed by atoms with Gasteiger partial charge in [-0.05, 0) is 23.4 Å². The number of nitrogens with zero attached hydrogens (tertiary/aromatic N) is 4. The van der Waals surface area contributed by atoms with Crippen LogP contribution in [0.1, 0.15) is 0 Å².